The lowest BCUT2D eigenvalue weighted by molar-refractivity contribution is -0.115. The molecule has 0 saturated heterocycles. The molecule has 0 radical (unpaired) electrons. The maximum atomic E-state index is 12.3. The Morgan fingerprint density at radius 3 is 2.55 bits per heavy atom. The van der Waals surface area contributed by atoms with Crippen molar-refractivity contribution < 1.29 is 9.53 Å². The fourth-order valence-electron chi connectivity index (χ4n) is 1.96. The third-order valence-electron chi connectivity index (χ3n) is 3.16. The molecule has 2 aromatic carbocycles. The fraction of sp³-hybridized carbons (Fsp3) is 0.278. The number of ether oxygens (including phenoxy) is 1. The molecule has 0 spiro atoms. The van der Waals surface area contributed by atoms with Gasteiger partial charge in [0.05, 0.1) is 17.5 Å². The number of hydrogen-bond acceptors (Lipinski definition) is 3. The third kappa shape index (κ3) is 4.81. The van der Waals surface area contributed by atoms with Crippen LogP contribution in [0.25, 0.3) is 0 Å². The van der Waals surface area contributed by atoms with Crippen molar-refractivity contribution in [2.45, 2.75) is 24.9 Å². The van der Waals surface area contributed by atoms with Crippen LogP contribution in [0.3, 0.4) is 0 Å². The van der Waals surface area contributed by atoms with Crippen molar-refractivity contribution in [2.75, 3.05) is 11.9 Å². The zero-order chi connectivity index (χ0) is 15.8. The van der Waals surface area contributed by atoms with Crippen molar-refractivity contribution in [1.29, 1.82) is 0 Å². The van der Waals surface area contributed by atoms with Gasteiger partial charge in [0.1, 0.15) is 5.75 Å². The van der Waals surface area contributed by atoms with Gasteiger partial charge in [-0.3, -0.25) is 4.79 Å². The largest absolute Gasteiger partial charge is 0.492 e. The molecular weight excluding hydrogens is 294 g/mol. The lowest BCUT2D eigenvalue weighted by atomic mass is 10.2. The number of rotatable bonds is 7. The standard InChI is InChI=1S/C18H21NO2S/c1-3-21-17-12-8-7-11-16(17)19-18(20)14(2)22-13-15-9-5-4-6-10-15/h4-12,14H,3,13H2,1-2H3,(H,19,20)/t14-/m1/s1. The predicted octanol–water partition coefficient (Wildman–Crippen LogP) is 4.35. The van der Waals surface area contributed by atoms with Gasteiger partial charge in [0.25, 0.3) is 0 Å². The SMILES string of the molecule is CCOc1ccccc1NC(=O)[C@@H](C)SCc1ccccc1. The predicted molar refractivity (Wildman–Crippen MR) is 93.4 cm³/mol. The molecule has 2 rings (SSSR count). The van der Waals surface area contributed by atoms with Crippen LogP contribution in [0.4, 0.5) is 5.69 Å². The van der Waals surface area contributed by atoms with Crippen LogP contribution in [0, 0.1) is 0 Å². The number of thioether (sulfide) groups is 1. The summed E-state index contributed by atoms with van der Waals surface area (Å²) < 4.78 is 5.53. The van der Waals surface area contributed by atoms with E-state index in [0.717, 1.165) is 11.4 Å². The van der Waals surface area contributed by atoms with Gasteiger partial charge in [0, 0.05) is 5.75 Å². The van der Waals surface area contributed by atoms with Crippen molar-refractivity contribution in [3.63, 3.8) is 0 Å². The van der Waals surface area contributed by atoms with Gasteiger partial charge in [-0.1, -0.05) is 42.5 Å². The Hall–Kier alpha value is -1.94. The van der Waals surface area contributed by atoms with Gasteiger partial charge in [-0.25, -0.2) is 0 Å². The van der Waals surface area contributed by atoms with Crippen molar-refractivity contribution in [1.82, 2.24) is 0 Å². The molecule has 4 heteroatoms. The molecule has 3 nitrogen and oxygen atoms in total. The highest BCUT2D eigenvalue weighted by Crippen LogP contribution is 2.25. The minimum Gasteiger partial charge on any atom is -0.492 e. The number of nitrogens with one attached hydrogen (secondary N) is 1. The van der Waals surface area contributed by atoms with Crippen molar-refractivity contribution in [2.24, 2.45) is 0 Å². The lowest BCUT2D eigenvalue weighted by Gasteiger charge is -2.14. The van der Waals surface area contributed by atoms with E-state index in [1.165, 1.54) is 5.56 Å². The van der Waals surface area contributed by atoms with Gasteiger partial charge in [0.2, 0.25) is 5.91 Å². The zero-order valence-corrected chi connectivity index (χ0v) is 13.7. The van der Waals surface area contributed by atoms with Gasteiger partial charge >= 0.3 is 0 Å². The third-order valence-corrected chi connectivity index (χ3v) is 4.37. The Kier molecular flexibility index (Phi) is 6.34. The second kappa shape index (κ2) is 8.49. The fourth-order valence-corrected chi connectivity index (χ4v) is 2.80. The molecule has 2 aromatic rings. The summed E-state index contributed by atoms with van der Waals surface area (Å²) >= 11 is 1.62. The highest BCUT2D eigenvalue weighted by atomic mass is 32.2. The number of hydrogen-bond donors (Lipinski definition) is 1. The monoisotopic (exact) mass is 315 g/mol. The van der Waals surface area contributed by atoms with Crippen LogP contribution in [0.2, 0.25) is 0 Å². The molecule has 0 heterocycles. The molecule has 0 fully saturated rings. The smallest absolute Gasteiger partial charge is 0.237 e. The van der Waals surface area contributed by atoms with Crippen molar-refractivity contribution >= 4 is 23.4 Å². The molecule has 0 aliphatic rings. The van der Waals surface area contributed by atoms with Crippen molar-refractivity contribution in [3.05, 3.63) is 60.2 Å². The summed E-state index contributed by atoms with van der Waals surface area (Å²) in [5.74, 6) is 1.52. The molecule has 116 valence electrons. The first-order valence-corrected chi connectivity index (χ1v) is 8.43. The summed E-state index contributed by atoms with van der Waals surface area (Å²) in [6.45, 7) is 4.42. The second-order valence-electron chi connectivity index (χ2n) is 4.86. The van der Waals surface area contributed by atoms with Gasteiger partial charge in [-0.15, -0.1) is 11.8 Å². The summed E-state index contributed by atoms with van der Waals surface area (Å²) in [5.41, 5.74) is 1.95. The average molecular weight is 315 g/mol. The Balaban J connectivity index is 1.91. The summed E-state index contributed by atoms with van der Waals surface area (Å²) in [5, 5.41) is 2.82. The zero-order valence-electron chi connectivity index (χ0n) is 12.9. The van der Waals surface area contributed by atoms with Crippen LogP contribution in [0.1, 0.15) is 19.4 Å². The highest BCUT2D eigenvalue weighted by molar-refractivity contribution is 7.99. The Morgan fingerprint density at radius 2 is 1.82 bits per heavy atom. The molecule has 0 bridgehead atoms. The van der Waals surface area contributed by atoms with Gasteiger partial charge in [0.15, 0.2) is 0 Å². The van der Waals surface area contributed by atoms with Crippen LogP contribution >= 0.6 is 11.8 Å². The second-order valence-corrected chi connectivity index (χ2v) is 6.19. The molecule has 1 atom stereocenters. The van der Waals surface area contributed by atoms with Gasteiger partial charge in [-0.05, 0) is 31.5 Å². The van der Waals surface area contributed by atoms with Gasteiger partial charge < -0.3 is 10.1 Å². The van der Waals surface area contributed by atoms with E-state index < -0.39 is 0 Å². The van der Waals surface area contributed by atoms with E-state index in [9.17, 15) is 4.79 Å². The maximum Gasteiger partial charge on any atom is 0.237 e. The molecular formula is C18H21NO2S. The number of amides is 1. The molecule has 22 heavy (non-hydrogen) atoms. The maximum absolute atomic E-state index is 12.3. The topological polar surface area (TPSA) is 38.3 Å². The number of carbonyl (C=O) groups is 1. The number of carbonyl (C=O) groups excluding carboxylic acids is 1. The molecule has 0 aliphatic carbocycles. The first-order valence-electron chi connectivity index (χ1n) is 7.39. The van der Waals surface area contributed by atoms with Gasteiger partial charge in [-0.2, -0.15) is 0 Å². The Labute approximate surface area is 136 Å². The van der Waals surface area contributed by atoms with E-state index in [-0.39, 0.29) is 11.2 Å². The molecule has 1 N–H and O–H groups in total. The summed E-state index contributed by atoms with van der Waals surface area (Å²) in [6.07, 6.45) is 0. The van der Waals surface area contributed by atoms with E-state index in [1.807, 2.05) is 56.3 Å². The molecule has 0 aromatic heterocycles. The number of benzene rings is 2. The number of para-hydroxylation sites is 2. The number of anilines is 1. The van der Waals surface area contributed by atoms with Crippen LogP contribution in [-0.2, 0) is 10.5 Å². The lowest BCUT2D eigenvalue weighted by Crippen LogP contribution is -2.23. The molecule has 0 aliphatic heterocycles. The molecule has 0 saturated carbocycles. The van der Waals surface area contributed by atoms with Crippen molar-refractivity contribution in [3.8, 4) is 5.75 Å². The minimum atomic E-state index is -0.130. The first-order chi connectivity index (χ1) is 10.7. The van der Waals surface area contributed by atoms with Crippen LogP contribution in [0.15, 0.2) is 54.6 Å². The molecule has 0 unspecified atom stereocenters. The normalized spacial score (nSPS) is 11.7. The average Bonchev–Trinajstić information content (AvgIpc) is 2.55. The minimum absolute atomic E-state index is 0.00640. The van der Waals surface area contributed by atoms with E-state index in [1.54, 1.807) is 11.8 Å². The quantitative estimate of drug-likeness (QED) is 0.825. The Bertz CT molecular complexity index is 601. The van der Waals surface area contributed by atoms with Crippen LogP contribution in [-0.4, -0.2) is 17.8 Å². The summed E-state index contributed by atoms with van der Waals surface area (Å²) in [7, 11) is 0. The molecule has 1 amide bonds. The van der Waals surface area contributed by atoms with E-state index in [4.69, 9.17) is 4.74 Å². The summed E-state index contributed by atoms with van der Waals surface area (Å²) in [4.78, 5) is 12.3. The van der Waals surface area contributed by atoms with E-state index >= 15 is 0 Å². The van der Waals surface area contributed by atoms with Crippen LogP contribution < -0.4 is 10.1 Å². The first kappa shape index (κ1) is 16.4. The van der Waals surface area contributed by atoms with Crippen LogP contribution in [0.5, 0.6) is 5.75 Å². The summed E-state index contributed by atoms with van der Waals surface area (Å²) in [6, 6.07) is 17.7. The van der Waals surface area contributed by atoms with E-state index in [2.05, 4.69) is 17.4 Å². The highest BCUT2D eigenvalue weighted by Gasteiger charge is 2.15. The Morgan fingerprint density at radius 1 is 1.14 bits per heavy atom. The van der Waals surface area contributed by atoms with E-state index in [0.29, 0.717) is 12.4 Å².